The number of aryl methyl sites for hydroxylation is 1. The largest absolute Gasteiger partial charge is 0.439 e. The number of nitrogens with one attached hydrogen (secondary N) is 1. The van der Waals surface area contributed by atoms with E-state index < -0.39 is 5.91 Å². The van der Waals surface area contributed by atoms with Crippen LogP contribution in [0.5, 0.6) is 11.6 Å². The van der Waals surface area contributed by atoms with Crippen molar-refractivity contribution < 1.29 is 14.3 Å². The minimum absolute atomic E-state index is 0.216. The third-order valence-electron chi connectivity index (χ3n) is 3.85. The maximum atomic E-state index is 12.5. The molecule has 8 heteroatoms. The summed E-state index contributed by atoms with van der Waals surface area (Å²) in [7, 11) is 0. The highest BCUT2D eigenvalue weighted by atomic mass is 32.1. The molecule has 3 rings (SSSR count). The molecule has 2 aromatic heterocycles. The lowest BCUT2D eigenvalue weighted by Crippen LogP contribution is -2.11. The van der Waals surface area contributed by atoms with Crippen molar-refractivity contribution in [1.29, 1.82) is 0 Å². The fourth-order valence-corrected chi connectivity index (χ4v) is 3.38. The predicted molar refractivity (Wildman–Crippen MR) is 108 cm³/mol. The summed E-state index contributed by atoms with van der Waals surface area (Å²) in [6.07, 6.45) is 1.50. The molecule has 0 atom stereocenters. The summed E-state index contributed by atoms with van der Waals surface area (Å²) >= 11 is 1.40. The van der Waals surface area contributed by atoms with E-state index in [9.17, 15) is 9.59 Å². The van der Waals surface area contributed by atoms with Gasteiger partial charge in [-0.1, -0.05) is 19.9 Å². The first-order valence-corrected chi connectivity index (χ1v) is 9.47. The molecule has 0 spiro atoms. The lowest BCUT2D eigenvalue weighted by Gasteiger charge is -2.07. The van der Waals surface area contributed by atoms with Gasteiger partial charge in [0.15, 0.2) is 0 Å². The van der Waals surface area contributed by atoms with Gasteiger partial charge < -0.3 is 15.8 Å². The van der Waals surface area contributed by atoms with Gasteiger partial charge in [-0.3, -0.25) is 9.59 Å². The van der Waals surface area contributed by atoms with Gasteiger partial charge in [0.1, 0.15) is 10.6 Å². The zero-order valence-corrected chi connectivity index (χ0v) is 16.5. The van der Waals surface area contributed by atoms with Crippen LogP contribution in [-0.2, 0) is 0 Å². The Balaban J connectivity index is 1.68. The Hall–Kier alpha value is -3.26. The number of anilines is 1. The van der Waals surface area contributed by atoms with E-state index in [-0.39, 0.29) is 11.8 Å². The third-order valence-corrected chi connectivity index (χ3v) is 5.31. The molecule has 0 bridgehead atoms. The number of carbonyl (C=O) groups is 2. The van der Waals surface area contributed by atoms with E-state index >= 15 is 0 Å². The van der Waals surface area contributed by atoms with Crippen LogP contribution in [0.4, 0.5) is 5.69 Å². The van der Waals surface area contributed by atoms with Crippen molar-refractivity contribution in [3.8, 4) is 11.6 Å². The van der Waals surface area contributed by atoms with Crippen LogP contribution in [0, 0.1) is 6.92 Å². The number of pyridine rings is 1. The highest BCUT2D eigenvalue weighted by Crippen LogP contribution is 2.26. The Kier molecular flexibility index (Phi) is 5.70. The molecule has 0 unspecified atom stereocenters. The number of hydrogen-bond donors (Lipinski definition) is 2. The lowest BCUT2D eigenvalue weighted by molar-refractivity contribution is 0.0997. The van der Waals surface area contributed by atoms with Crippen LogP contribution in [-0.4, -0.2) is 21.8 Å². The van der Waals surface area contributed by atoms with Crippen molar-refractivity contribution in [2.45, 2.75) is 26.7 Å². The summed E-state index contributed by atoms with van der Waals surface area (Å²) in [5.41, 5.74) is 6.87. The normalized spacial score (nSPS) is 10.7. The first kappa shape index (κ1) is 19.5. The number of benzene rings is 1. The Labute approximate surface area is 166 Å². The van der Waals surface area contributed by atoms with Gasteiger partial charge in [-0.15, -0.1) is 11.3 Å². The summed E-state index contributed by atoms with van der Waals surface area (Å²) in [4.78, 5) is 33.0. The Morgan fingerprint density at radius 3 is 2.61 bits per heavy atom. The van der Waals surface area contributed by atoms with Crippen molar-refractivity contribution in [1.82, 2.24) is 9.97 Å². The van der Waals surface area contributed by atoms with Crippen LogP contribution in [0.1, 0.15) is 50.5 Å². The fraction of sp³-hybridized carbons (Fsp3) is 0.200. The second-order valence-electron chi connectivity index (χ2n) is 6.45. The third kappa shape index (κ3) is 4.52. The van der Waals surface area contributed by atoms with Crippen LogP contribution in [0.3, 0.4) is 0 Å². The van der Waals surface area contributed by atoms with Crippen molar-refractivity contribution >= 4 is 28.8 Å². The molecule has 0 saturated heterocycles. The molecule has 0 aliphatic rings. The molecule has 0 radical (unpaired) electrons. The molecule has 0 fully saturated rings. The number of thiazole rings is 1. The Bertz CT molecular complexity index is 1010. The van der Waals surface area contributed by atoms with Gasteiger partial charge in [-0.2, -0.15) is 0 Å². The highest BCUT2D eigenvalue weighted by Gasteiger charge is 2.17. The van der Waals surface area contributed by atoms with E-state index in [1.165, 1.54) is 17.5 Å². The number of hydrogen-bond acceptors (Lipinski definition) is 6. The summed E-state index contributed by atoms with van der Waals surface area (Å²) in [6, 6.07) is 9.84. The van der Waals surface area contributed by atoms with E-state index in [1.807, 2.05) is 20.8 Å². The van der Waals surface area contributed by atoms with E-state index in [2.05, 4.69) is 15.3 Å². The molecular weight excluding hydrogens is 376 g/mol. The minimum atomic E-state index is -0.532. The summed E-state index contributed by atoms with van der Waals surface area (Å²) in [5, 5.41) is 3.75. The number of rotatable bonds is 6. The lowest BCUT2D eigenvalue weighted by atomic mass is 10.2. The average molecular weight is 396 g/mol. The second kappa shape index (κ2) is 8.18. The van der Waals surface area contributed by atoms with Gasteiger partial charge in [0.05, 0.1) is 22.6 Å². The standard InChI is InChI=1S/C20H20N4O3S/c1-11(2)20-23-12(3)17(28-20)19(26)24-14-7-8-16(22-10-14)27-15-6-4-5-13(9-15)18(21)25/h4-11H,1-3H3,(H2,21,25)(H,24,26). The van der Waals surface area contributed by atoms with Gasteiger partial charge in [-0.25, -0.2) is 9.97 Å². The number of nitrogens with zero attached hydrogens (tertiary/aromatic N) is 2. The van der Waals surface area contributed by atoms with Crippen LogP contribution < -0.4 is 15.8 Å². The molecule has 7 nitrogen and oxygen atoms in total. The molecule has 3 N–H and O–H groups in total. The van der Waals surface area contributed by atoms with E-state index in [0.717, 1.165) is 5.01 Å². The molecule has 2 heterocycles. The number of ether oxygens (including phenoxy) is 1. The number of primary amides is 1. The summed E-state index contributed by atoms with van der Waals surface area (Å²) in [5.74, 6) is 0.302. The topological polar surface area (TPSA) is 107 Å². The number of carbonyl (C=O) groups excluding carboxylic acids is 2. The van der Waals surface area contributed by atoms with E-state index in [4.69, 9.17) is 10.5 Å². The van der Waals surface area contributed by atoms with Crippen molar-refractivity contribution in [2.75, 3.05) is 5.32 Å². The summed E-state index contributed by atoms with van der Waals surface area (Å²) < 4.78 is 5.62. The van der Waals surface area contributed by atoms with Crippen LogP contribution >= 0.6 is 11.3 Å². The quantitative estimate of drug-likeness (QED) is 0.652. The molecule has 2 amide bonds. The number of amides is 2. The van der Waals surface area contributed by atoms with Gasteiger partial charge >= 0.3 is 0 Å². The molecular formula is C20H20N4O3S. The zero-order chi connectivity index (χ0) is 20.3. The fourth-order valence-electron chi connectivity index (χ4n) is 2.41. The molecule has 28 heavy (non-hydrogen) atoms. The zero-order valence-electron chi connectivity index (χ0n) is 15.7. The van der Waals surface area contributed by atoms with Gasteiger partial charge in [0.25, 0.3) is 5.91 Å². The van der Waals surface area contributed by atoms with Crippen molar-refractivity contribution in [2.24, 2.45) is 5.73 Å². The maximum absolute atomic E-state index is 12.5. The van der Waals surface area contributed by atoms with Crippen LogP contribution in [0.15, 0.2) is 42.6 Å². The van der Waals surface area contributed by atoms with Gasteiger partial charge in [-0.05, 0) is 31.2 Å². The number of nitrogens with two attached hydrogens (primary N) is 1. The monoisotopic (exact) mass is 396 g/mol. The highest BCUT2D eigenvalue weighted by molar-refractivity contribution is 7.14. The van der Waals surface area contributed by atoms with E-state index in [1.54, 1.807) is 36.4 Å². The Morgan fingerprint density at radius 2 is 2.00 bits per heavy atom. The SMILES string of the molecule is Cc1nc(C(C)C)sc1C(=O)Nc1ccc(Oc2cccc(C(N)=O)c2)nc1. The predicted octanol–water partition coefficient (Wildman–Crippen LogP) is 4.11. The van der Waals surface area contributed by atoms with Crippen LogP contribution in [0.2, 0.25) is 0 Å². The van der Waals surface area contributed by atoms with E-state index in [0.29, 0.717) is 33.5 Å². The molecule has 1 aromatic carbocycles. The molecule has 0 aliphatic carbocycles. The minimum Gasteiger partial charge on any atom is -0.439 e. The second-order valence-corrected chi connectivity index (χ2v) is 7.49. The maximum Gasteiger partial charge on any atom is 0.267 e. The van der Waals surface area contributed by atoms with Crippen molar-refractivity contribution in [3.63, 3.8) is 0 Å². The first-order valence-electron chi connectivity index (χ1n) is 8.66. The number of aromatic nitrogens is 2. The van der Waals surface area contributed by atoms with Crippen molar-refractivity contribution in [3.05, 3.63) is 63.7 Å². The average Bonchev–Trinajstić information content (AvgIpc) is 3.06. The van der Waals surface area contributed by atoms with Gasteiger partial charge in [0, 0.05) is 17.5 Å². The molecule has 3 aromatic rings. The Morgan fingerprint density at radius 1 is 1.21 bits per heavy atom. The molecule has 144 valence electrons. The molecule has 0 aliphatic heterocycles. The van der Waals surface area contributed by atoms with Crippen LogP contribution in [0.25, 0.3) is 0 Å². The first-order chi connectivity index (χ1) is 13.3. The summed E-state index contributed by atoms with van der Waals surface area (Å²) in [6.45, 7) is 5.91. The van der Waals surface area contributed by atoms with Gasteiger partial charge in [0.2, 0.25) is 11.8 Å². The molecule has 0 saturated carbocycles. The smallest absolute Gasteiger partial charge is 0.267 e.